The number of thiophene rings is 1. The summed E-state index contributed by atoms with van der Waals surface area (Å²) in [6, 6.07) is 12.5. The number of nitrogens with zero attached hydrogens (tertiary/aromatic N) is 1. The first kappa shape index (κ1) is 19.1. The lowest BCUT2D eigenvalue weighted by atomic mass is 10.0. The van der Waals surface area contributed by atoms with Crippen molar-refractivity contribution in [1.82, 2.24) is 4.31 Å². The first-order chi connectivity index (χ1) is 13.9. The summed E-state index contributed by atoms with van der Waals surface area (Å²) in [5, 5.41) is 5.23. The van der Waals surface area contributed by atoms with Crippen LogP contribution in [0.2, 0.25) is 4.34 Å². The lowest BCUT2D eigenvalue weighted by molar-refractivity contribution is -0.119. The van der Waals surface area contributed by atoms with Gasteiger partial charge in [-0.2, -0.15) is 4.31 Å². The van der Waals surface area contributed by atoms with Crippen LogP contribution in [0.4, 0.5) is 5.69 Å². The molecule has 1 aliphatic heterocycles. The molecule has 0 spiro atoms. The van der Waals surface area contributed by atoms with Crippen molar-refractivity contribution in [3.8, 4) is 0 Å². The highest BCUT2D eigenvalue weighted by molar-refractivity contribution is 7.91. The van der Waals surface area contributed by atoms with E-state index >= 15 is 0 Å². The molecule has 0 unspecified atom stereocenters. The lowest BCUT2D eigenvalue weighted by Gasteiger charge is -2.23. The van der Waals surface area contributed by atoms with Crippen molar-refractivity contribution in [2.75, 3.05) is 11.9 Å². The molecule has 1 aliphatic carbocycles. The van der Waals surface area contributed by atoms with Gasteiger partial charge in [0.25, 0.3) is 10.0 Å². The van der Waals surface area contributed by atoms with Gasteiger partial charge < -0.3 is 5.32 Å². The van der Waals surface area contributed by atoms with E-state index in [4.69, 9.17) is 11.6 Å². The summed E-state index contributed by atoms with van der Waals surface area (Å²) in [6.45, 7) is 0.333. The number of carbonyl (C=O) groups excluding carboxylic acids is 1. The molecule has 0 radical (unpaired) electrons. The van der Waals surface area contributed by atoms with Crippen molar-refractivity contribution in [1.29, 1.82) is 0 Å². The zero-order chi connectivity index (χ0) is 20.2. The molecular formula is C21H19ClN2O3S2. The summed E-state index contributed by atoms with van der Waals surface area (Å²) in [4.78, 5) is 13.1. The average molecular weight is 447 g/mol. The van der Waals surface area contributed by atoms with Crippen LogP contribution in [0, 0.1) is 0 Å². The van der Waals surface area contributed by atoms with Crippen molar-refractivity contribution in [3.05, 3.63) is 57.9 Å². The molecule has 8 heteroatoms. The van der Waals surface area contributed by atoms with Gasteiger partial charge in [0.05, 0.1) is 4.34 Å². The quantitative estimate of drug-likeness (QED) is 0.644. The van der Waals surface area contributed by atoms with Crippen molar-refractivity contribution in [2.45, 2.75) is 35.9 Å². The van der Waals surface area contributed by atoms with Crippen molar-refractivity contribution in [3.63, 3.8) is 0 Å². The molecule has 1 aromatic heterocycles. The number of sulfonamides is 1. The molecule has 150 valence electrons. The molecule has 0 saturated carbocycles. The second-order valence-electron chi connectivity index (χ2n) is 7.43. The number of aryl methyl sites for hydroxylation is 2. The molecule has 1 N–H and O–H groups in total. The van der Waals surface area contributed by atoms with Gasteiger partial charge in [-0.05, 0) is 60.4 Å². The molecule has 1 atom stereocenters. The van der Waals surface area contributed by atoms with Gasteiger partial charge in [-0.15, -0.1) is 11.3 Å². The molecule has 2 heterocycles. The molecule has 5 rings (SSSR count). The van der Waals surface area contributed by atoms with E-state index in [1.807, 2.05) is 18.2 Å². The topological polar surface area (TPSA) is 66.5 Å². The highest BCUT2D eigenvalue weighted by atomic mass is 35.5. The Balaban J connectivity index is 1.45. The van der Waals surface area contributed by atoms with Crippen LogP contribution < -0.4 is 5.32 Å². The number of halogens is 1. The molecular weight excluding hydrogens is 428 g/mol. The average Bonchev–Trinajstić information content (AvgIpc) is 3.44. The molecule has 1 saturated heterocycles. The number of hydrogen-bond donors (Lipinski definition) is 1. The van der Waals surface area contributed by atoms with Crippen molar-refractivity contribution < 1.29 is 13.2 Å². The van der Waals surface area contributed by atoms with Crippen LogP contribution >= 0.6 is 22.9 Å². The Bertz CT molecular complexity index is 1230. The fourth-order valence-corrected chi connectivity index (χ4v) is 7.68. The maximum absolute atomic E-state index is 13.1. The lowest BCUT2D eigenvalue weighted by Crippen LogP contribution is -2.42. The minimum absolute atomic E-state index is 0.174. The molecule has 5 nitrogen and oxygen atoms in total. The van der Waals surface area contributed by atoms with Gasteiger partial charge in [-0.25, -0.2) is 8.42 Å². The molecule has 1 fully saturated rings. The third-order valence-electron chi connectivity index (χ3n) is 5.75. The first-order valence-corrected chi connectivity index (χ1v) is 12.2. The third-order valence-corrected chi connectivity index (χ3v) is 9.36. The number of carbonyl (C=O) groups is 1. The van der Waals surface area contributed by atoms with E-state index in [-0.39, 0.29) is 10.1 Å². The highest BCUT2D eigenvalue weighted by Crippen LogP contribution is 2.36. The predicted octanol–water partition coefficient (Wildman–Crippen LogP) is 4.45. The minimum Gasteiger partial charge on any atom is -0.324 e. The number of rotatable bonds is 4. The largest absolute Gasteiger partial charge is 0.324 e. The molecule has 2 aromatic carbocycles. The Morgan fingerprint density at radius 3 is 2.66 bits per heavy atom. The van der Waals surface area contributed by atoms with Gasteiger partial charge in [-0.3, -0.25) is 4.79 Å². The summed E-state index contributed by atoms with van der Waals surface area (Å²) in [7, 11) is -3.74. The monoisotopic (exact) mass is 446 g/mol. The molecule has 29 heavy (non-hydrogen) atoms. The predicted molar refractivity (Wildman–Crippen MR) is 116 cm³/mol. The second kappa shape index (κ2) is 7.09. The van der Waals surface area contributed by atoms with E-state index in [0.29, 0.717) is 23.7 Å². The summed E-state index contributed by atoms with van der Waals surface area (Å²) in [6.07, 6.45) is 3.19. The van der Waals surface area contributed by atoms with E-state index < -0.39 is 16.1 Å². The highest BCUT2D eigenvalue weighted by Gasteiger charge is 2.40. The van der Waals surface area contributed by atoms with Crippen LogP contribution in [0.3, 0.4) is 0 Å². The van der Waals surface area contributed by atoms with Gasteiger partial charge in [-0.1, -0.05) is 35.9 Å². The van der Waals surface area contributed by atoms with Gasteiger partial charge in [0.1, 0.15) is 10.3 Å². The summed E-state index contributed by atoms with van der Waals surface area (Å²) in [5.74, 6) is -0.285. The maximum Gasteiger partial charge on any atom is 0.253 e. The molecule has 3 aromatic rings. The zero-order valence-corrected chi connectivity index (χ0v) is 17.9. The van der Waals surface area contributed by atoms with E-state index in [1.165, 1.54) is 26.9 Å². The van der Waals surface area contributed by atoms with Crippen LogP contribution in [0.1, 0.15) is 24.0 Å². The van der Waals surface area contributed by atoms with Crippen LogP contribution in [0.25, 0.3) is 10.8 Å². The molecule has 0 bridgehead atoms. The van der Waals surface area contributed by atoms with Crippen LogP contribution in [0.15, 0.2) is 46.7 Å². The van der Waals surface area contributed by atoms with Gasteiger partial charge in [0.2, 0.25) is 5.91 Å². The number of hydrogen-bond acceptors (Lipinski definition) is 4. The van der Waals surface area contributed by atoms with E-state index in [2.05, 4.69) is 17.4 Å². The Hall–Kier alpha value is -1.93. The second-order valence-corrected chi connectivity index (χ2v) is 11.3. The third kappa shape index (κ3) is 3.17. The van der Waals surface area contributed by atoms with Crippen LogP contribution in [-0.4, -0.2) is 31.2 Å². The standard InChI is InChI=1S/C21H19ClN2O3S2/c22-18-10-11-19(28-18)29(26,27)24-12-2-5-17(24)21(25)23-16-9-8-14-7-6-13-3-1-4-15(16)20(13)14/h1,3-4,8-11,17H,2,5-7,12H2,(H,23,25)/t17-/m0/s1. The van der Waals surface area contributed by atoms with Gasteiger partial charge >= 0.3 is 0 Å². The number of amides is 1. The SMILES string of the molecule is O=C(Nc1ccc2c3c(cccc13)CC2)[C@@H]1CCCN1S(=O)(=O)c1ccc(Cl)s1. The van der Waals surface area contributed by atoms with Crippen LogP contribution in [-0.2, 0) is 27.7 Å². The minimum atomic E-state index is -3.74. The summed E-state index contributed by atoms with van der Waals surface area (Å²) >= 11 is 6.94. The normalized spacial score (nSPS) is 19.1. The van der Waals surface area contributed by atoms with Gasteiger partial charge in [0, 0.05) is 17.6 Å². The Kier molecular flexibility index (Phi) is 4.66. The van der Waals surface area contributed by atoms with E-state index in [9.17, 15) is 13.2 Å². The number of benzene rings is 2. The maximum atomic E-state index is 13.1. The fraction of sp³-hybridized carbons (Fsp3) is 0.286. The molecule has 1 amide bonds. The first-order valence-electron chi connectivity index (χ1n) is 9.57. The Labute approximate surface area is 178 Å². The van der Waals surface area contributed by atoms with E-state index in [0.717, 1.165) is 35.3 Å². The summed E-state index contributed by atoms with van der Waals surface area (Å²) in [5.41, 5.74) is 3.34. The number of anilines is 1. The number of nitrogens with one attached hydrogen (secondary N) is 1. The van der Waals surface area contributed by atoms with Gasteiger partial charge in [0.15, 0.2) is 0 Å². The Morgan fingerprint density at radius 2 is 1.90 bits per heavy atom. The zero-order valence-electron chi connectivity index (χ0n) is 15.5. The van der Waals surface area contributed by atoms with Crippen molar-refractivity contribution >= 4 is 55.3 Å². The summed E-state index contributed by atoms with van der Waals surface area (Å²) < 4.78 is 27.9. The molecule has 2 aliphatic rings. The van der Waals surface area contributed by atoms with E-state index in [1.54, 1.807) is 6.07 Å². The smallest absolute Gasteiger partial charge is 0.253 e. The Morgan fingerprint density at radius 1 is 1.10 bits per heavy atom. The van der Waals surface area contributed by atoms with Crippen molar-refractivity contribution in [2.24, 2.45) is 0 Å². The fourth-order valence-electron chi connectivity index (χ4n) is 4.41. The van der Waals surface area contributed by atoms with Crippen LogP contribution in [0.5, 0.6) is 0 Å².